The van der Waals surface area contributed by atoms with E-state index >= 15 is 0 Å². The Morgan fingerprint density at radius 1 is 0.957 bits per heavy atom. The van der Waals surface area contributed by atoms with Gasteiger partial charge in [-0.15, -0.1) is 0 Å². The molecule has 0 amide bonds. The molecule has 4 N–H and O–H groups in total. The van der Waals surface area contributed by atoms with Gasteiger partial charge in [-0.05, 0) is 13.3 Å². The molecular weight excluding hydrogens is 290 g/mol. The van der Waals surface area contributed by atoms with Gasteiger partial charge < -0.3 is 11.5 Å². The molecule has 7 nitrogen and oxygen atoms in total. The lowest BCUT2D eigenvalue weighted by atomic mass is 10.2. The third-order valence-electron chi connectivity index (χ3n) is 3.55. The van der Waals surface area contributed by atoms with Crippen LogP contribution in [0.2, 0.25) is 0 Å². The van der Waals surface area contributed by atoms with E-state index in [1.54, 1.807) is 0 Å². The summed E-state index contributed by atoms with van der Waals surface area (Å²) in [6, 6.07) is 9.91. The highest BCUT2D eigenvalue weighted by atomic mass is 15.3. The van der Waals surface area contributed by atoms with Crippen LogP contribution in [-0.2, 0) is 6.42 Å². The van der Waals surface area contributed by atoms with Gasteiger partial charge in [0.1, 0.15) is 5.82 Å². The van der Waals surface area contributed by atoms with Gasteiger partial charge in [0.25, 0.3) is 0 Å². The highest BCUT2D eigenvalue weighted by Crippen LogP contribution is 2.26. The first kappa shape index (κ1) is 15.0. The SMILES string of the molecule is CCCc1c(C)nc(-c2ccccc2)n1-c1nc(N)nc(N)n1. The van der Waals surface area contributed by atoms with Crippen LogP contribution in [0, 0.1) is 6.92 Å². The van der Waals surface area contributed by atoms with Crippen molar-refractivity contribution in [1.82, 2.24) is 24.5 Å². The van der Waals surface area contributed by atoms with E-state index in [4.69, 9.17) is 16.5 Å². The zero-order chi connectivity index (χ0) is 16.4. The summed E-state index contributed by atoms with van der Waals surface area (Å²) in [6.45, 7) is 4.11. The maximum atomic E-state index is 5.74. The van der Waals surface area contributed by atoms with Crippen LogP contribution in [0.3, 0.4) is 0 Å². The van der Waals surface area contributed by atoms with Crippen LogP contribution < -0.4 is 11.5 Å². The minimum Gasteiger partial charge on any atom is -0.368 e. The lowest BCUT2D eigenvalue weighted by Crippen LogP contribution is -2.12. The highest BCUT2D eigenvalue weighted by Gasteiger charge is 2.19. The Bertz CT molecular complexity index is 804. The monoisotopic (exact) mass is 309 g/mol. The number of nitrogens with zero attached hydrogens (tertiary/aromatic N) is 5. The molecule has 0 fully saturated rings. The molecule has 23 heavy (non-hydrogen) atoms. The second-order valence-electron chi connectivity index (χ2n) is 5.27. The van der Waals surface area contributed by atoms with Crippen molar-refractivity contribution in [3.8, 4) is 17.3 Å². The minimum atomic E-state index is 0.0975. The van der Waals surface area contributed by atoms with Gasteiger partial charge in [-0.1, -0.05) is 43.7 Å². The highest BCUT2D eigenvalue weighted by molar-refractivity contribution is 5.59. The van der Waals surface area contributed by atoms with Gasteiger partial charge in [-0.25, -0.2) is 4.98 Å². The summed E-state index contributed by atoms with van der Waals surface area (Å²) in [5.74, 6) is 1.37. The summed E-state index contributed by atoms with van der Waals surface area (Å²) in [5.41, 5.74) is 14.5. The molecule has 0 atom stereocenters. The average Bonchev–Trinajstić information content (AvgIpc) is 2.85. The first-order valence-electron chi connectivity index (χ1n) is 7.51. The van der Waals surface area contributed by atoms with Gasteiger partial charge in [-0.2, -0.15) is 15.0 Å². The maximum Gasteiger partial charge on any atom is 0.242 e. The number of nitrogens with two attached hydrogens (primary N) is 2. The molecule has 0 aliphatic carbocycles. The Morgan fingerprint density at radius 2 is 1.61 bits per heavy atom. The Hall–Kier alpha value is -2.96. The van der Waals surface area contributed by atoms with E-state index in [1.807, 2.05) is 41.8 Å². The van der Waals surface area contributed by atoms with Crippen LogP contribution in [-0.4, -0.2) is 24.5 Å². The topological polar surface area (TPSA) is 109 Å². The molecule has 0 aliphatic heterocycles. The molecule has 118 valence electrons. The van der Waals surface area contributed by atoms with Gasteiger partial charge in [0, 0.05) is 11.3 Å². The minimum absolute atomic E-state index is 0.0975. The largest absolute Gasteiger partial charge is 0.368 e. The van der Waals surface area contributed by atoms with Gasteiger partial charge >= 0.3 is 0 Å². The predicted octanol–water partition coefficient (Wildman–Crippen LogP) is 2.15. The average molecular weight is 309 g/mol. The molecule has 0 unspecified atom stereocenters. The Morgan fingerprint density at radius 3 is 2.22 bits per heavy atom. The maximum absolute atomic E-state index is 5.74. The van der Waals surface area contributed by atoms with Gasteiger partial charge in [0.15, 0.2) is 0 Å². The fourth-order valence-corrected chi connectivity index (χ4v) is 2.59. The summed E-state index contributed by atoms with van der Waals surface area (Å²) >= 11 is 0. The van der Waals surface area contributed by atoms with Crippen molar-refractivity contribution in [3.05, 3.63) is 41.7 Å². The summed E-state index contributed by atoms with van der Waals surface area (Å²) in [4.78, 5) is 17.1. The van der Waals surface area contributed by atoms with Gasteiger partial charge in [0.2, 0.25) is 17.8 Å². The normalized spacial score (nSPS) is 10.9. The molecular formula is C16H19N7. The van der Waals surface area contributed by atoms with E-state index in [1.165, 1.54) is 0 Å². The van der Waals surface area contributed by atoms with Crippen LogP contribution in [0.5, 0.6) is 0 Å². The molecule has 0 bridgehead atoms. The van der Waals surface area contributed by atoms with Crippen molar-refractivity contribution < 1.29 is 0 Å². The molecule has 0 saturated heterocycles. The second kappa shape index (κ2) is 6.04. The van der Waals surface area contributed by atoms with E-state index in [0.717, 1.165) is 35.6 Å². The molecule has 3 rings (SSSR count). The van der Waals surface area contributed by atoms with E-state index in [9.17, 15) is 0 Å². The van der Waals surface area contributed by atoms with Gasteiger partial charge in [0.05, 0.1) is 5.69 Å². The van der Waals surface area contributed by atoms with E-state index in [0.29, 0.717) is 5.95 Å². The number of hydrogen-bond acceptors (Lipinski definition) is 6. The first-order valence-corrected chi connectivity index (χ1v) is 7.51. The first-order chi connectivity index (χ1) is 11.1. The number of imidazole rings is 1. The number of aryl methyl sites for hydroxylation is 1. The molecule has 2 aromatic heterocycles. The van der Waals surface area contributed by atoms with Crippen molar-refractivity contribution in [2.75, 3.05) is 11.5 Å². The third kappa shape index (κ3) is 2.85. The fourth-order valence-electron chi connectivity index (χ4n) is 2.59. The Balaban J connectivity index is 2.28. The molecule has 3 aromatic rings. The van der Waals surface area contributed by atoms with Crippen LogP contribution in [0.25, 0.3) is 17.3 Å². The van der Waals surface area contributed by atoms with Crippen LogP contribution in [0.1, 0.15) is 24.7 Å². The van der Waals surface area contributed by atoms with Crippen molar-refractivity contribution in [1.29, 1.82) is 0 Å². The van der Waals surface area contributed by atoms with Crippen molar-refractivity contribution in [3.63, 3.8) is 0 Å². The molecule has 1 aromatic carbocycles. The molecule has 2 heterocycles. The fraction of sp³-hybridized carbons (Fsp3) is 0.250. The number of benzene rings is 1. The molecule has 0 spiro atoms. The molecule has 0 aliphatic rings. The molecule has 7 heteroatoms. The summed E-state index contributed by atoms with van der Waals surface area (Å²) in [7, 11) is 0. The van der Waals surface area contributed by atoms with Crippen LogP contribution in [0.4, 0.5) is 11.9 Å². The van der Waals surface area contributed by atoms with Gasteiger partial charge in [-0.3, -0.25) is 4.57 Å². The predicted molar refractivity (Wildman–Crippen MR) is 89.9 cm³/mol. The standard InChI is InChI=1S/C16H19N7/c1-3-7-12-10(2)19-13(11-8-5-4-6-9-11)23(12)16-21-14(17)20-15(18)22-16/h4-6,8-9H,3,7H2,1-2H3,(H4,17,18,20,21,22). The van der Waals surface area contributed by atoms with E-state index < -0.39 is 0 Å². The lowest BCUT2D eigenvalue weighted by molar-refractivity contribution is 0.805. The summed E-state index contributed by atoms with van der Waals surface area (Å²) in [5, 5.41) is 0. The number of aromatic nitrogens is 5. The third-order valence-corrected chi connectivity index (χ3v) is 3.55. The molecule has 0 radical (unpaired) electrons. The lowest BCUT2D eigenvalue weighted by Gasteiger charge is -2.11. The zero-order valence-electron chi connectivity index (χ0n) is 13.2. The Kier molecular flexibility index (Phi) is 3.92. The van der Waals surface area contributed by atoms with Crippen molar-refractivity contribution >= 4 is 11.9 Å². The number of rotatable bonds is 4. The van der Waals surface area contributed by atoms with Crippen LogP contribution >= 0.6 is 0 Å². The van der Waals surface area contributed by atoms with Crippen molar-refractivity contribution in [2.45, 2.75) is 26.7 Å². The van der Waals surface area contributed by atoms with E-state index in [-0.39, 0.29) is 11.9 Å². The number of nitrogen functional groups attached to an aromatic ring is 2. The van der Waals surface area contributed by atoms with E-state index in [2.05, 4.69) is 21.9 Å². The summed E-state index contributed by atoms with van der Waals surface area (Å²) in [6.07, 6.45) is 1.84. The quantitative estimate of drug-likeness (QED) is 0.764. The number of hydrogen-bond donors (Lipinski definition) is 2. The second-order valence-corrected chi connectivity index (χ2v) is 5.27. The Labute approximate surface area is 134 Å². The summed E-state index contributed by atoms with van der Waals surface area (Å²) < 4.78 is 1.92. The number of anilines is 2. The molecule has 0 saturated carbocycles. The smallest absolute Gasteiger partial charge is 0.242 e. The van der Waals surface area contributed by atoms with Crippen LogP contribution in [0.15, 0.2) is 30.3 Å². The van der Waals surface area contributed by atoms with Crippen molar-refractivity contribution in [2.24, 2.45) is 0 Å². The zero-order valence-corrected chi connectivity index (χ0v) is 13.2.